The zero-order chi connectivity index (χ0) is 27.8. The SMILES string of the molecule is Cc1cc(-n2cc(F)cn2)c2cccc(OCc3c(Cl)cc(F)cc3[C@H](C)N3CC(=O)N(CCO)C3=O)c2n1. The minimum absolute atomic E-state index is 0.0877. The number of fused-ring (bicyclic) bond motifs is 1. The van der Waals surface area contributed by atoms with Crippen molar-refractivity contribution in [2.45, 2.75) is 26.5 Å². The van der Waals surface area contributed by atoms with E-state index >= 15 is 0 Å². The van der Waals surface area contributed by atoms with E-state index in [0.717, 1.165) is 17.2 Å². The zero-order valence-electron chi connectivity index (χ0n) is 21.1. The monoisotopic (exact) mass is 555 g/mol. The van der Waals surface area contributed by atoms with Crippen molar-refractivity contribution in [3.8, 4) is 11.4 Å². The first-order valence-electron chi connectivity index (χ1n) is 12.1. The number of aliphatic hydroxyl groups is 1. The van der Waals surface area contributed by atoms with Gasteiger partial charge >= 0.3 is 6.03 Å². The number of ether oxygens (including phenoxy) is 1. The van der Waals surface area contributed by atoms with E-state index < -0.39 is 29.6 Å². The number of nitrogens with zero attached hydrogens (tertiary/aromatic N) is 5. The van der Waals surface area contributed by atoms with Crippen molar-refractivity contribution in [1.29, 1.82) is 0 Å². The molecule has 12 heteroatoms. The van der Waals surface area contributed by atoms with Gasteiger partial charge in [-0.2, -0.15) is 5.10 Å². The number of aromatic nitrogens is 3. The Balaban J connectivity index is 1.49. The molecule has 1 N–H and O–H groups in total. The van der Waals surface area contributed by atoms with E-state index in [0.29, 0.717) is 39.2 Å². The highest BCUT2D eigenvalue weighted by Crippen LogP contribution is 2.35. The Morgan fingerprint density at radius 3 is 2.69 bits per heavy atom. The van der Waals surface area contributed by atoms with E-state index in [9.17, 15) is 23.5 Å². The standard InChI is InChI=1S/C27H24ClF2N5O4/c1-15-8-23(35-12-18(30)11-31-35)19-4-3-5-24(26(19)32-15)39-14-21-20(9-17(29)10-22(21)28)16(2)34-13-25(37)33(6-7-36)27(34)38/h3-5,8-12,16,36H,6-7,13-14H2,1-2H3/t16-/m0/s1. The number of amides is 3. The Labute approximate surface area is 227 Å². The average Bonchev–Trinajstić information content (AvgIpc) is 3.45. The Kier molecular flexibility index (Phi) is 7.19. The molecule has 202 valence electrons. The summed E-state index contributed by atoms with van der Waals surface area (Å²) < 4.78 is 35.7. The zero-order valence-corrected chi connectivity index (χ0v) is 21.8. The molecular weight excluding hydrogens is 532 g/mol. The van der Waals surface area contributed by atoms with Gasteiger partial charge in [0.25, 0.3) is 0 Å². The van der Waals surface area contributed by atoms with Crippen LogP contribution in [0.15, 0.2) is 48.8 Å². The molecule has 1 saturated heterocycles. The fourth-order valence-electron chi connectivity index (χ4n) is 4.72. The van der Waals surface area contributed by atoms with Gasteiger partial charge in [0.2, 0.25) is 5.91 Å². The van der Waals surface area contributed by atoms with Crippen LogP contribution in [0.5, 0.6) is 5.75 Å². The molecule has 0 unspecified atom stereocenters. The number of β-amino-alcohol motifs (C(OH)–C–C–N with tert-alkyl or cyclic N) is 1. The van der Waals surface area contributed by atoms with E-state index in [1.54, 1.807) is 32.0 Å². The summed E-state index contributed by atoms with van der Waals surface area (Å²) >= 11 is 6.45. The predicted octanol–water partition coefficient (Wildman–Crippen LogP) is 4.56. The Morgan fingerprint density at radius 1 is 1.18 bits per heavy atom. The Morgan fingerprint density at radius 2 is 1.97 bits per heavy atom. The van der Waals surface area contributed by atoms with E-state index in [-0.39, 0.29) is 31.3 Å². The molecule has 3 heterocycles. The number of aryl methyl sites for hydroxylation is 1. The van der Waals surface area contributed by atoms with Crippen LogP contribution in [0.2, 0.25) is 5.02 Å². The van der Waals surface area contributed by atoms with E-state index in [1.807, 2.05) is 6.07 Å². The second kappa shape index (κ2) is 10.6. The minimum Gasteiger partial charge on any atom is -0.487 e. The largest absolute Gasteiger partial charge is 0.487 e. The van der Waals surface area contributed by atoms with Crippen LogP contribution in [-0.4, -0.2) is 61.3 Å². The number of benzene rings is 2. The lowest BCUT2D eigenvalue weighted by Gasteiger charge is -2.26. The molecule has 0 radical (unpaired) electrons. The molecule has 0 saturated carbocycles. The first-order chi connectivity index (χ1) is 18.7. The van der Waals surface area contributed by atoms with Crippen LogP contribution < -0.4 is 4.74 Å². The first-order valence-corrected chi connectivity index (χ1v) is 12.5. The number of para-hydroxylation sites is 1. The maximum atomic E-state index is 14.5. The summed E-state index contributed by atoms with van der Waals surface area (Å²) in [6.45, 7) is 2.68. The third-order valence-corrected chi connectivity index (χ3v) is 6.94. The van der Waals surface area contributed by atoms with Gasteiger partial charge in [-0.05, 0) is 43.7 Å². The second-order valence-corrected chi connectivity index (χ2v) is 9.54. The number of imide groups is 1. The number of hydrogen-bond acceptors (Lipinski definition) is 6. The number of urea groups is 1. The third kappa shape index (κ3) is 5.02. The number of carbonyl (C=O) groups excluding carboxylic acids is 2. The number of hydrogen-bond donors (Lipinski definition) is 1. The van der Waals surface area contributed by atoms with Crippen molar-refractivity contribution < 1.29 is 28.2 Å². The van der Waals surface area contributed by atoms with Crippen molar-refractivity contribution in [3.05, 3.63) is 82.3 Å². The molecule has 1 aliphatic rings. The average molecular weight is 556 g/mol. The maximum Gasteiger partial charge on any atom is 0.327 e. The van der Waals surface area contributed by atoms with Crippen LogP contribution in [0.1, 0.15) is 29.8 Å². The highest BCUT2D eigenvalue weighted by atomic mass is 35.5. The maximum absolute atomic E-state index is 14.5. The number of pyridine rings is 1. The van der Waals surface area contributed by atoms with Gasteiger partial charge in [-0.25, -0.2) is 23.2 Å². The number of rotatable bonds is 8. The number of carbonyl (C=O) groups is 2. The van der Waals surface area contributed by atoms with Gasteiger partial charge in [-0.15, -0.1) is 0 Å². The Hall–Kier alpha value is -4.09. The molecule has 0 bridgehead atoms. The van der Waals surface area contributed by atoms with Crippen molar-refractivity contribution in [1.82, 2.24) is 24.6 Å². The van der Waals surface area contributed by atoms with Gasteiger partial charge in [-0.1, -0.05) is 23.7 Å². The minimum atomic E-state index is -0.717. The number of aliphatic hydroxyl groups excluding tert-OH is 1. The molecule has 0 spiro atoms. The van der Waals surface area contributed by atoms with Crippen LogP contribution >= 0.6 is 11.6 Å². The number of halogens is 3. The summed E-state index contributed by atoms with van der Waals surface area (Å²) in [7, 11) is 0. The summed E-state index contributed by atoms with van der Waals surface area (Å²) in [6, 6.07) is 8.20. The van der Waals surface area contributed by atoms with Gasteiger partial charge in [0.15, 0.2) is 5.82 Å². The van der Waals surface area contributed by atoms with Gasteiger partial charge in [0, 0.05) is 16.6 Å². The fraction of sp³-hybridized carbons (Fsp3) is 0.259. The van der Waals surface area contributed by atoms with Crippen LogP contribution in [0, 0.1) is 18.6 Å². The molecule has 5 rings (SSSR count). The molecule has 1 aliphatic heterocycles. The van der Waals surface area contributed by atoms with Gasteiger partial charge < -0.3 is 14.7 Å². The second-order valence-electron chi connectivity index (χ2n) is 9.14. The highest BCUT2D eigenvalue weighted by Gasteiger charge is 2.39. The normalized spacial score (nSPS) is 14.5. The summed E-state index contributed by atoms with van der Waals surface area (Å²) in [5, 5.41) is 14.0. The molecule has 9 nitrogen and oxygen atoms in total. The molecule has 39 heavy (non-hydrogen) atoms. The van der Waals surface area contributed by atoms with Crippen LogP contribution in [0.3, 0.4) is 0 Å². The molecule has 0 aliphatic carbocycles. The van der Waals surface area contributed by atoms with Gasteiger partial charge in [-0.3, -0.25) is 9.69 Å². The quantitative estimate of drug-likeness (QED) is 0.320. The molecule has 3 amide bonds. The van der Waals surface area contributed by atoms with E-state index in [1.165, 1.54) is 21.8 Å². The molecule has 2 aromatic heterocycles. The highest BCUT2D eigenvalue weighted by molar-refractivity contribution is 6.31. The fourth-order valence-corrected chi connectivity index (χ4v) is 4.98. The molecule has 2 aromatic carbocycles. The van der Waals surface area contributed by atoms with Gasteiger partial charge in [0.1, 0.15) is 30.2 Å². The summed E-state index contributed by atoms with van der Waals surface area (Å²) in [5.41, 5.74) is 2.60. The van der Waals surface area contributed by atoms with Crippen molar-refractivity contribution in [2.75, 3.05) is 19.7 Å². The first kappa shape index (κ1) is 26.5. The molecule has 1 atom stereocenters. The summed E-state index contributed by atoms with van der Waals surface area (Å²) in [5.74, 6) is -1.12. The topological polar surface area (TPSA) is 101 Å². The summed E-state index contributed by atoms with van der Waals surface area (Å²) in [4.78, 5) is 32.0. The van der Waals surface area contributed by atoms with E-state index in [4.69, 9.17) is 16.3 Å². The van der Waals surface area contributed by atoms with Crippen molar-refractivity contribution in [3.63, 3.8) is 0 Å². The summed E-state index contributed by atoms with van der Waals surface area (Å²) in [6.07, 6.45) is 2.38. The lowest BCUT2D eigenvalue weighted by Crippen LogP contribution is -2.36. The van der Waals surface area contributed by atoms with E-state index in [2.05, 4.69) is 10.1 Å². The van der Waals surface area contributed by atoms with Crippen LogP contribution in [0.25, 0.3) is 16.6 Å². The molecule has 4 aromatic rings. The predicted molar refractivity (Wildman–Crippen MR) is 139 cm³/mol. The van der Waals surface area contributed by atoms with Crippen LogP contribution in [0.4, 0.5) is 13.6 Å². The lowest BCUT2D eigenvalue weighted by molar-refractivity contribution is -0.125. The van der Waals surface area contributed by atoms with Crippen LogP contribution in [-0.2, 0) is 11.4 Å². The smallest absolute Gasteiger partial charge is 0.327 e. The lowest BCUT2D eigenvalue weighted by atomic mass is 10.0. The van der Waals surface area contributed by atoms with Gasteiger partial charge in [0.05, 0.1) is 42.3 Å². The molecule has 1 fully saturated rings. The Bertz CT molecular complexity index is 1590. The molecular formula is C27H24ClF2N5O4. The third-order valence-electron chi connectivity index (χ3n) is 6.60. The van der Waals surface area contributed by atoms with Crippen molar-refractivity contribution in [2.24, 2.45) is 0 Å². The van der Waals surface area contributed by atoms with Crippen molar-refractivity contribution >= 4 is 34.4 Å².